The van der Waals surface area contributed by atoms with E-state index in [9.17, 15) is 4.39 Å². The van der Waals surface area contributed by atoms with E-state index in [4.69, 9.17) is 4.74 Å². The topological polar surface area (TPSA) is 64.3 Å². The number of thiazole rings is 1. The van der Waals surface area contributed by atoms with Gasteiger partial charge in [0.2, 0.25) is 5.78 Å². The molecule has 6 nitrogen and oxygen atoms in total. The van der Waals surface area contributed by atoms with Crippen LogP contribution in [-0.4, -0.2) is 26.5 Å². The van der Waals surface area contributed by atoms with Crippen LogP contribution in [0.15, 0.2) is 42.0 Å². The number of anilines is 2. The van der Waals surface area contributed by atoms with Crippen molar-refractivity contribution in [1.29, 1.82) is 0 Å². The average Bonchev–Trinajstić information content (AvgIpc) is 3.25. The van der Waals surface area contributed by atoms with Crippen LogP contribution in [0, 0.1) is 5.82 Å². The number of imidazole rings is 1. The molecule has 4 aromatic rings. The number of rotatable bonds is 5. The first kappa shape index (κ1) is 16.5. The summed E-state index contributed by atoms with van der Waals surface area (Å²) in [7, 11) is 1.44. The molecule has 0 aliphatic rings. The predicted molar refractivity (Wildman–Crippen MR) is 99.7 cm³/mol. The molecule has 0 radical (unpaired) electrons. The van der Waals surface area contributed by atoms with Crippen molar-refractivity contribution in [2.45, 2.75) is 13.3 Å². The van der Waals surface area contributed by atoms with Crippen LogP contribution in [0.1, 0.15) is 12.6 Å². The molecule has 0 aliphatic heterocycles. The molecule has 3 heterocycles. The number of fused-ring (bicyclic) bond motifs is 1. The summed E-state index contributed by atoms with van der Waals surface area (Å²) in [4.78, 5) is 13.5. The van der Waals surface area contributed by atoms with E-state index in [0.29, 0.717) is 16.6 Å². The molecule has 0 atom stereocenters. The van der Waals surface area contributed by atoms with Crippen LogP contribution in [-0.2, 0) is 6.42 Å². The molecule has 0 spiro atoms. The minimum Gasteiger partial charge on any atom is -0.494 e. The first-order valence-electron chi connectivity index (χ1n) is 8.08. The summed E-state index contributed by atoms with van der Waals surface area (Å²) in [6, 6.07) is 6.58. The first-order chi connectivity index (χ1) is 12.7. The van der Waals surface area contributed by atoms with Gasteiger partial charge in [-0.05, 0) is 24.6 Å². The minimum absolute atomic E-state index is 0.209. The molecule has 0 unspecified atom stereocenters. The predicted octanol–water partition coefficient (Wildman–Crippen LogP) is 4.31. The van der Waals surface area contributed by atoms with Crippen molar-refractivity contribution in [3.63, 3.8) is 0 Å². The molecular formula is C18H16FN5OS. The van der Waals surface area contributed by atoms with Crippen LogP contribution in [0.3, 0.4) is 0 Å². The summed E-state index contributed by atoms with van der Waals surface area (Å²) in [5.74, 6) is 0.440. The summed E-state index contributed by atoms with van der Waals surface area (Å²) >= 11 is 1.45. The van der Waals surface area contributed by atoms with E-state index >= 15 is 0 Å². The van der Waals surface area contributed by atoms with Crippen LogP contribution < -0.4 is 10.1 Å². The molecular weight excluding hydrogens is 353 g/mol. The highest BCUT2D eigenvalue weighted by Crippen LogP contribution is 2.31. The SMILES string of the molecule is CCc1nc2ncccn2c1-c1csc(Nc2ccc(OC)c(F)c2)n1. The zero-order valence-electron chi connectivity index (χ0n) is 14.2. The average molecular weight is 369 g/mol. The van der Waals surface area contributed by atoms with Gasteiger partial charge in [0.1, 0.15) is 5.69 Å². The third-order valence-corrected chi connectivity index (χ3v) is 4.72. The van der Waals surface area contributed by atoms with Crippen molar-refractivity contribution in [3.8, 4) is 17.1 Å². The maximum absolute atomic E-state index is 13.9. The Labute approximate surface area is 153 Å². The number of hydrogen-bond acceptors (Lipinski definition) is 6. The fourth-order valence-corrected chi connectivity index (χ4v) is 3.47. The van der Waals surface area contributed by atoms with Gasteiger partial charge < -0.3 is 10.1 Å². The lowest BCUT2D eigenvalue weighted by atomic mass is 10.2. The lowest BCUT2D eigenvalue weighted by molar-refractivity contribution is 0.386. The van der Waals surface area contributed by atoms with E-state index in [2.05, 4.69) is 27.2 Å². The van der Waals surface area contributed by atoms with Crippen molar-refractivity contribution in [1.82, 2.24) is 19.4 Å². The number of halogens is 1. The van der Waals surface area contributed by atoms with Crippen molar-refractivity contribution in [2.75, 3.05) is 12.4 Å². The molecule has 0 fully saturated rings. The summed E-state index contributed by atoms with van der Waals surface area (Å²) in [6.07, 6.45) is 4.43. The number of nitrogens with one attached hydrogen (secondary N) is 1. The third-order valence-electron chi connectivity index (χ3n) is 3.96. The van der Waals surface area contributed by atoms with Crippen LogP contribution in [0.4, 0.5) is 15.2 Å². The Morgan fingerprint density at radius 2 is 2.19 bits per heavy atom. The number of nitrogens with zero attached hydrogens (tertiary/aromatic N) is 4. The fraction of sp³-hybridized carbons (Fsp3) is 0.167. The van der Waals surface area contributed by atoms with Crippen LogP contribution in [0.2, 0.25) is 0 Å². The Morgan fingerprint density at radius 3 is 2.96 bits per heavy atom. The van der Waals surface area contributed by atoms with Gasteiger partial charge in [0.25, 0.3) is 0 Å². The molecule has 8 heteroatoms. The molecule has 0 aliphatic carbocycles. The van der Waals surface area contributed by atoms with Gasteiger partial charge in [0.05, 0.1) is 18.5 Å². The summed E-state index contributed by atoms with van der Waals surface area (Å²) < 4.78 is 20.7. The Morgan fingerprint density at radius 1 is 1.31 bits per heavy atom. The Hall–Kier alpha value is -3.00. The number of aromatic nitrogens is 4. The molecule has 1 aromatic carbocycles. The lowest BCUT2D eigenvalue weighted by Gasteiger charge is -2.05. The second kappa shape index (κ2) is 6.72. The van der Waals surface area contributed by atoms with Crippen molar-refractivity contribution < 1.29 is 9.13 Å². The highest BCUT2D eigenvalue weighted by atomic mass is 32.1. The third kappa shape index (κ3) is 2.88. The van der Waals surface area contributed by atoms with Crippen LogP contribution in [0.25, 0.3) is 17.2 Å². The number of hydrogen-bond donors (Lipinski definition) is 1. The molecule has 0 bridgehead atoms. The Balaban J connectivity index is 1.68. The molecule has 132 valence electrons. The maximum Gasteiger partial charge on any atom is 0.234 e. The lowest BCUT2D eigenvalue weighted by Crippen LogP contribution is -1.94. The number of benzene rings is 1. The van der Waals surface area contributed by atoms with E-state index in [1.165, 1.54) is 24.5 Å². The summed E-state index contributed by atoms with van der Waals surface area (Å²) in [5.41, 5.74) is 3.29. The van der Waals surface area contributed by atoms with Crippen molar-refractivity contribution in [2.24, 2.45) is 0 Å². The second-order valence-corrected chi connectivity index (χ2v) is 6.42. The number of aryl methyl sites for hydroxylation is 1. The molecule has 1 N–H and O–H groups in total. The quantitative estimate of drug-likeness (QED) is 0.568. The van der Waals surface area contributed by atoms with E-state index in [-0.39, 0.29) is 5.75 Å². The van der Waals surface area contributed by atoms with E-state index in [1.54, 1.807) is 18.3 Å². The normalized spacial score (nSPS) is 11.0. The molecule has 0 saturated carbocycles. The second-order valence-electron chi connectivity index (χ2n) is 5.56. The van der Waals surface area contributed by atoms with Crippen molar-refractivity contribution in [3.05, 3.63) is 53.6 Å². The Bertz CT molecular complexity index is 1070. The molecule has 4 rings (SSSR count). The molecule has 3 aromatic heterocycles. The molecule has 0 amide bonds. The highest BCUT2D eigenvalue weighted by molar-refractivity contribution is 7.14. The highest BCUT2D eigenvalue weighted by Gasteiger charge is 2.16. The summed E-state index contributed by atoms with van der Waals surface area (Å²) in [6.45, 7) is 2.05. The van der Waals surface area contributed by atoms with Gasteiger partial charge in [-0.25, -0.2) is 19.3 Å². The van der Waals surface area contributed by atoms with Gasteiger partial charge in [-0.2, -0.15) is 0 Å². The van der Waals surface area contributed by atoms with Crippen molar-refractivity contribution >= 4 is 27.9 Å². The number of methoxy groups -OCH3 is 1. The molecule has 0 saturated heterocycles. The maximum atomic E-state index is 13.9. The smallest absolute Gasteiger partial charge is 0.234 e. The zero-order chi connectivity index (χ0) is 18.1. The van der Waals surface area contributed by atoms with E-state index < -0.39 is 5.82 Å². The largest absolute Gasteiger partial charge is 0.494 e. The van der Waals surface area contributed by atoms with E-state index in [1.807, 2.05) is 22.0 Å². The first-order valence-corrected chi connectivity index (χ1v) is 8.96. The standard InChI is InChI=1S/C18H16FN5OS/c1-3-13-16(24-8-4-7-20-17(24)22-13)14-10-26-18(23-14)21-11-5-6-15(25-2)12(19)9-11/h4-10H,3H2,1-2H3,(H,21,23). The monoisotopic (exact) mass is 369 g/mol. The fourth-order valence-electron chi connectivity index (χ4n) is 2.76. The Kier molecular flexibility index (Phi) is 4.26. The van der Waals surface area contributed by atoms with Gasteiger partial charge in [0.15, 0.2) is 16.7 Å². The molecule has 26 heavy (non-hydrogen) atoms. The van der Waals surface area contributed by atoms with Gasteiger partial charge in [0, 0.05) is 29.5 Å². The summed E-state index contributed by atoms with van der Waals surface area (Å²) in [5, 5.41) is 5.76. The van der Waals surface area contributed by atoms with Gasteiger partial charge in [-0.15, -0.1) is 11.3 Å². The van der Waals surface area contributed by atoms with Crippen LogP contribution >= 0.6 is 11.3 Å². The minimum atomic E-state index is -0.421. The zero-order valence-corrected chi connectivity index (χ0v) is 15.0. The van der Waals surface area contributed by atoms with E-state index in [0.717, 1.165) is 23.5 Å². The van der Waals surface area contributed by atoms with Gasteiger partial charge >= 0.3 is 0 Å². The van der Waals surface area contributed by atoms with Gasteiger partial charge in [-0.1, -0.05) is 6.92 Å². The number of ether oxygens (including phenoxy) is 1. The van der Waals surface area contributed by atoms with Gasteiger partial charge in [-0.3, -0.25) is 4.40 Å². The van der Waals surface area contributed by atoms with Crippen LogP contribution in [0.5, 0.6) is 5.75 Å².